The first-order valence-corrected chi connectivity index (χ1v) is 9.79. The molecule has 0 amide bonds. The van der Waals surface area contributed by atoms with Gasteiger partial charge in [0.05, 0.1) is 0 Å². The number of benzene rings is 3. The van der Waals surface area contributed by atoms with E-state index in [1.807, 2.05) is 6.92 Å². The van der Waals surface area contributed by atoms with Gasteiger partial charge in [-0.05, 0) is 53.6 Å². The molecule has 0 aliphatic carbocycles. The Kier molecular flexibility index (Phi) is 7.25. The zero-order chi connectivity index (χ0) is 22.5. The number of rotatable bonds is 8. The van der Waals surface area contributed by atoms with Gasteiger partial charge >= 0.3 is 6.61 Å². The molecule has 0 atom stereocenters. The maximum Gasteiger partial charge on any atom is 0.387 e. The Morgan fingerprint density at radius 3 is 1.94 bits per heavy atom. The Balaban J connectivity index is 1.71. The fourth-order valence-corrected chi connectivity index (χ4v) is 3.37. The van der Waals surface area contributed by atoms with E-state index in [1.54, 1.807) is 36.4 Å². The summed E-state index contributed by atoms with van der Waals surface area (Å²) in [5.41, 5.74) is 2.09. The molecule has 0 heterocycles. The molecule has 3 aromatic rings. The highest BCUT2D eigenvalue weighted by Crippen LogP contribution is 2.28. The van der Waals surface area contributed by atoms with Crippen LogP contribution in [0.4, 0.5) is 26.3 Å². The maximum atomic E-state index is 14.4. The second-order valence-electron chi connectivity index (χ2n) is 7.11. The molecule has 31 heavy (non-hydrogen) atoms. The highest BCUT2D eigenvalue weighted by atomic mass is 19.3. The van der Waals surface area contributed by atoms with Gasteiger partial charge in [0.25, 0.3) is 0 Å². The fraction of sp³-hybridized carbons (Fsp3) is 0.250. The minimum Gasteiger partial charge on any atom is -0.429 e. The Hall–Kier alpha value is -2.96. The molecule has 0 N–H and O–H groups in total. The van der Waals surface area contributed by atoms with E-state index in [4.69, 9.17) is 0 Å². The molecule has 0 radical (unpaired) electrons. The summed E-state index contributed by atoms with van der Waals surface area (Å²) < 4.78 is 84.5. The monoisotopic (exact) mass is 438 g/mol. The lowest BCUT2D eigenvalue weighted by Gasteiger charge is -2.10. The van der Waals surface area contributed by atoms with Gasteiger partial charge in [0, 0.05) is 5.56 Å². The first-order valence-electron chi connectivity index (χ1n) is 9.79. The normalized spacial score (nSPS) is 11.2. The lowest BCUT2D eigenvalue weighted by Crippen LogP contribution is -2.06. The van der Waals surface area contributed by atoms with E-state index in [2.05, 4.69) is 4.74 Å². The smallest absolute Gasteiger partial charge is 0.387 e. The van der Waals surface area contributed by atoms with Crippen molar-refractivity contribution in [2.24, 2.45) is 0 Å². The Labute approximate surface area is 176 Å². The van der Waals surface area contributed by atoms with Crippen molar-refractivity contribution < 1.29 is 31.1 Å². The van der Waals surface area contributed by atoms with Gasteiger partial charge in [-0.2, -0.15) is 8.78 Å². The quantitative estimate of drug-likeness (QED) is 0.337. The predicted octanol–water partition coefficient (Wildman–Crippen LogP) is 7.25. The topological polar surface area (TPSA) is 9.23 Å². The SMILES string of the molecule is CCCc1ccc(-c2ccc(CCc3cc(F)c(OC(F)F)c(F)c3)cc2)c(F)c1F. The molecule has 164 valence electrons. The first kappa shape index (κ1) is 22.7. The zero-order valence-corrected chi connectivity index (χ0v) is 16.7. The number of aryl methyl sites for hydroxylation is 3. The van der Waals surface area contributed by atoms with Crippen molar-refractivity contribution in [1.29, 1.82) is 0 Å². The molecule has 1 nitrogen and oxygen atoms in total. The van der Waals surface area contributed by atoms with E-state index in [9.17, 15) is 26.3 Å². The number of halogens is 6. The van der Waals surface area contributed by atoms with Crippen LogP contribution in [-0.2, 0) is 19.3 Å². The van der Waals surface area contributed by atoms with Crippen molar-refractivity contribution >= 4 is 0 Å². The van der Waals surface area contributed by atoms with Crippen LogP contribution >= 0.6 is 0 Å². The summed E-state index contributed by atoms with van der Waals surface area (Å²) >= 11 is 0. The molecular weight excluding hydrogens is 418 g/mol. The van der Waals surface area contributed by atoms with Gasteiger partial charge in [-0.15, -0.1) is 0 Å². The van der Waals surface area contributed by atoms with Crippen LogP contribution in [0.15, 0.2) is 48.5 Å². The van der Waals surface area contributed by atoms with Crippen LogP contribution in [0.1, 0.15) is 30.0 Å². The van der Waals surface area contributed by atoms with Crippen LogP contribution in [0.5, 0.6) is 5.75 Å². The third-order valence-corrected chi connectivity index (χ3v) is 4.91. The van der Waals surface area contributed by atoms with Crippen LogP contribution in [0.2, 0.25) is 0 Å². The number of hydrogen-bond donors (Lipinski definition) is 0. The van der Waals surface area contributed by atoms with Gasteiger partial charge in [-0.25, -0.2) is 17.6 Å². The third-order valence-electron chi connectivity index (χ3n) is 4.91. The molecule has 0 aliphatic rings. The van der Waals surface area contributed by atoms with Crippen molar-refractivity contribution in [3.8, 4) is 16.9 Å². The highest BCUT2D eigenvalue weighted by molar-refractivity contribution is 5.65. The molecule has 0 bridgehead atoms. The number of alkyl halides is 2. The van der Waals surface area contributed by atoms with Gasteiger partial charge in [-0.3, -0.25) is 0 Å². The van der Waals surface area contributed by atoms with E-state index >= 15 is 0 Å². The van der Waals surface area contributed by atoms with E-state index in [1.165, 1.54) is 0 Å². The van der Waals surface area contributed by atoms with Crippen molar-refractivity contribution in [3.63, 3.8) is 0 Å². The highest BCUT2D eigenvalue weighted by Gasteiger charge is 2.17. The fourth-order valence-electron chi connectivity index (χ4n) is 3.37. The Morgan fingerprint density at radius 2 is 1.35 bits per heavy atom. The van der Waals surface area contributed by atoms with Gasteiger partial charge < -0.3 is 4.74 Å². The lowest BCUT2D eigenvalue weighted by molar-refractivity contribution is -0.0546. The van der Waals surface area contributed by atoms with Crippen LogP contribution in [0, 0.1) is 23.3 Å². The number of ether oxygens (including phenoxy) is 1. The first-order chi connectivity index (χ1) is 14.8. The van der Waals surface area contributed by atoms with Gasteiger partial charge in [-0.1, -0.05) is 49.7 Å². The summed E-state index contributed by atoms with van der Waals surface area (Å²) in [7, 11) is 0. The molecule has 7 heteroatoms. The molecule has 0 fully saturated rings. The summed E-state index contributed by atoms with van der Waals surface area (Å²) in [5, 5.41) is 0. The van der Waals surface area contributed by atoms with Crippen molar-refractivity contribution in [2.45, 2.75) is 39.2 Å². The van der Waals surface area contributed by atoms with Gasteiger partial charge in [0.2, 0.25) is 0 Å². The Bertz CT molecular complexity index is 1020. The van der Waals surface area contributed by atoms with Crippen molar-refractivity contribution in [3.05, 3.63) is 88.5 Å². The lowest BCUT2D eigenvalue weighted by atomic mass is 9.98. The zero-order valence-electron chi connectivity index (χ0n) is 16.7. The molecule has 0 saturated carbocycles. The largest absolute Gasteiger partial charge is 0.429 e. The molecule has 0 saturated heterocycles. The van der Waals surface area contributed by atoms with E-state index < -0.39 is 35.6 Å². The average molecular weight is 438 g/mol. The predicted molar refractivity (Wildman–Crippen MR) is 106 cm³/mol. The summed E-state index contributed by atoms with van der Waals surface area (Å²) in [4.78, 5) is 0. The minimum atomic E-state index is -3.32. The van der Waals surface area contributed by atoms with Crippen LogP contribution < -0.4 is 4.74 Å². The van der Waals surface area contributed by atoms with Crippen molar-refractivity contribution in [1.82, 2.24) is 0 Å². The van der Waals surface area contributed by atoms with Gasteiger partial charge in [0.1, 0.15) is 0 Å². The molecule has 3 aromatic carbocycles. The van der Waals surface area contributed by atoms with Crippen LogP contribution in [-0.4, -0.2) is 6.61 Å². The number of hydrogen-bond acceptors (Lipinski definition) is 1. The van der Waals surface area contributed by atoms with E-state index in [0.29, 0.717) is 30.4 Å². The van der Waals surface area contributed by atoms with Crippen LogP contribution in [0.25, 0.3) is 11.1 Å². The second kappa shape index (κ2) is 9.90. The molecule has 0 unspecified atom stereocenters. The summed E-state index contributed by atoms with van der Waals surface area (Å²) in [6.45, 7) is -1.44. The molecular formula is C24H20F6O. The molecule has 0 aromatic heterocycles. The van der Waals surface area contributed by atoms with E-state index in [0.717, 1.165) is 17.7 Å². The van der Waals surface area contributed by atoms with Gasteiger partial charge in [0.15, 0.2) is 29.0 Å². The molecule has 3 rings (SSSR count). The summed E-state index contributed by atoms with van der Waals surface area (Å²) in [5.74, 6) is -5.24. The molecule has 0 spiro atoms. The van der Waals surface area contributed by atoms with Crippen molar-refractivity contribution in [2.75, 3.05) is 0 Å². The average Bonchev–Trinajstić information content (AvgIpc) is 2.73. The minimum absolute atomic E-state index is 0.155. The second-order valence-corrected chi connectivity index (χ2v) is 7.11. The van der Waals surface area contributed by atoms with Crippen LogP contribution in [0.3, 0.4) is 0 Å². The molecule has 0 aliphatic heterocycles. The Morgan fingerprint density at radius 1 is 0.742 bits per heavy atom. The summed E-state index contributed by atoms with van der Waals surface area (Å²) in [6, 6.07) is 11.8. The third kappa shape index (κ3) is 5.40. The standard InChI is InChI=1S/C24H20F6O/c1-2-3-17-10-11-18(22(28)21(17)27)16-8-6-14(7-9-16)4-5-15-12-19(25)23(20(26)13-15)31-24(29)30/h6-13,24H,2-5H2,1H3. The maximum absolute atomic E-state index is 14.4. The summed E-state index contributed by atoms with van der Waals surface area (Å²) in [6.07, 6.45) is 1.82. The van der Waals surface area contributed by atoms with E-state index in [-0.39, 0.29) is 17.5 Å².